The van der Waals surface area contributed by atoms with Gasteiger partial charge in [0.2, 0.25) is 0 Å². The van der Waals surface area contributed by atoms with Gasteiger partial charge >= 0.3 is 0 Å². The Balaban J connectivity index is 2.30. The molecular formula is C11H15N3O3S. The number of carbonyl (C=O) groups excluding carboxylic acids is 1. The molecule has 1 aromatic heterocycles. The lowest BCUT2D eigenvalue weighted by Gasteiger charge is -2.25. The van der Waals surface area contributed by atoms with Crippen LogP contribution in [0.3, 0.4) is 0 Å². The summed E-state index contributed by atoms with van der Waals surface area (Å²) in [5.41, 5.74) is 5.59. The van der Waals surface area contributed by atoms with Crippen molar-refractivity contribution in [3.05, 3.63) is 23.9 Å². The van der Waals surface area contributed by atoms with Gasteiger partial charge in [-0.3, -0.25) is 4.79 Å². The standard InChI is InChI=1S/C11H15N3O3S/c1-14(8-4-6-18(16,17)7-8)11-9(10(12)15)3-2-5-13-11/h2-3,5,8H,4,6-7H2,1H3,(H2,12,15). The third-order valence-electron chi connectivity index (χ3n) is 3.14. The number of anilines is 1. The average Bonchev–Trinajstić information content (AvgIpc) is 2.68. The second kappa shape index (κ2) is 4.56. The van der Waals surface area contributed by atoms with E-state index in [-0.39, 0.29) is 17.5 Å². The summed E-state index contributed by atoms with van der Waals surface area (Å²) in [6.07, 6.45) is 2.11. The summed E-state index contributed by atoms with van der Waals surface area (Å²) in [5.74, 6) is 0.150. The number of sulfone groups is 1. The minimum absolute atomic E-state index is 0.0955. The Bertz CT molecular complexity index is 571. The van der Waals surface area contributed by atoms with Crippen molar-refractivity contribution >= 4 is 21.6 Å². The lowest BCUT2D eigenvalue weighted by molar-refractivity contribution is 0.100. The van der Waals surface area contributed by atoms with Gasteiger partial charge in [0.05, 0.1) is 17.1 Å². The molecule has 18 heavy (non-hydrogen) atoms. The molecule has 0 spiro atoms. The van der Waals surface area contributed by atoms with Crippen LogP contribution in [0.15, 0.2) is 18.3 Å². The van der Waals surface area contributed by atoms with Gasteiger partial charge in [-0.1, -0.05) is 0 Å². The molecule has 1 unspecified atom stereocenters. The number of pyridine rings is 1. The highest BCUT2D eigenvalue weighted by Crippen LogP contribution is 2.23. The van der Waals surface area contributed by atoms with Crippen molar-refractivity contribution in [2.75, 3.05) is 23.5 Å². The van der Waals surface area contributed by atoms with Crippen LogP contribution in [0.4, 0.5) is 5.82 Å². The SMILES string of the molecule is CN(c1ncccc1C(N)=O)C1CCS(=O)(=O)C1. The number of carbonyl (C=O) groups is 1. The van der Waals surface area contributed by atoms with E-state index in [1.807, 2.05) is 0 Å². The quantitative estimate of drug-likeness (QED) is 0.820. The predicted octanol–water partition coefficient (Wildman–Crippen LogP) is -0.196. The fraction of sp³-hybridized carbons (Fsp3) is 0.455. The van der Waals surface area contributed by atoms with Gasteiger partial charge in [0.15, 0.2) is 9.84 Å². The van der Waals surface area contributed by atoms with E-state index < -0.39 is 15.7 Å². The molecule has 1 saturated heterocycles. The number of nitrogens with two attached hydrogens (primary N) is 1. The van der Waals surface area contributed by atoms with Gasteiger partial charge in [0, 0.05) is 19.3 Å². The average molecular weight is 269 g/mol. The Morgan fingerprint density at radius 3 is 2.83 bits per heavy atom. The molecule has 2 N–H and O–H groups in total. The topological polar surface area (TPSA) is 93.4 Å². The smallest absolute Gasteiger partial charge is 0.252 e. The van der Waals surface area contributed by atoms with Crippen molar-refractivity contribution in [1.82, 2.24) is 4.98 Å². The number of aromatic nitrogens is 1. The maximum atomic E-state index is 11.5. The number of primary amides is 1. The van der Waals surface area contributed by atoms with Crippen LogP contribution in [0.25, 0.3) is 0 Å². The molecule has 0 radical (unpaired) electrons. The Morgan fingerprint density at radius 1 is 1.56 bits per heavy atom. The molecule has 0 aliphatic carbocycles. The first-order valence-corrected chi connectivity index (χ1v) is 7.41. The van der Waals surface area contributed by atoms with Crippen molar-refractivity contribution in [3.63, 3.8) is 0 Å². The summed E-state index contributed by atoms with van der Waals surface area (Å²) >= 11 is 0. The highest BCUT2D eigenvalue weighted by Gasteiger charge is 2.32. The van der Waals surface area contributed by atoms with Gasteiger partial charge < -0.3 is 10.6 Å². The zero-order valence-corrected chi connectivity index (χ0v) is 10.9. The van der Waals surface area contributed by atoms with Crippen molar-refractivity contribution in [3.8, 4) is 0 Å². The molecule has 2 rings (SSSR count). The van der Waals surface area contributed by atoms with E-state index in [4.69, 9.17) is 5.73 Å². The van der Waals surface area contributed by atoms with E-state index >= 15 is 0 Å². The van der Waals surface area contributed by atoms with Gasteiger partial charge in [-0.05, 0) is 18.6 Å². The Labute approximate surface area is 106 Å². The van der Waals surface area contributed by atoms with Crippen molar-refractivity contribution in [1.29, 1.82) is 0 Å². The fourth-order valence-corrected chi connectivity index (χ4v) is 3.90. The van der Waals surface area contributed by atoms with Gasteiger partial charge in [0.1, 0.15) is 5.82 Å². The first kappa shape index (κ1) is 12.8. The Morgan fingerprint density at radius 2 is 2.28 bits per heavy atom. The van der Waals surface area contributed by atoms with E-state index in [0.29, 0.717) is 17.8 Å². The van der Waals surface area contributed by atoms with Crippen molar-refractivity contribution < 1.29 is 13.2 Å². The maximum Gasteiger partial charge on any atom is 0.252 e. The van der Waals surface area contributed by atoms with Crippen LogP contribution in [0.2, 0.25) is 0 Å². The zero-order valence-electron chi connectivity index (χ0n) is 10.0. The largest absolute Gasteiger partial charge is 0.365 e. The predicted molar refractivity (Wildman–Crippen MR) is 68.2 cm³/mol. The van der Waals surface area contributed by atoms with Crippen LogP contribution >= 0.6 is 0 Å². The number of amides is 1. The van der Waals surface area contributed by atoms with Crippen LogP contribution in [0.5, 0.6) is 0 Å². The molecule has 1 fully saturated rings. The number of hydrogen-bond acceptors (Lipinski definition) is 5. The minimum Gasteiger partial charge on any atom is -0.365 e. The lowest BCUT2D eigenvalue weighted by Crippen LogP contribution is -2.34. The summed E-state index contributed by atoms with van der Waals surface area (Å²) in [4.78, 5) is 17.2. The van der Waals surface area contributed by atoms with E-state index in [0.717, 1.165) is 0 Å². The summed E-state index contributed by atoms with van der Waals surface area (Å²) in [7, 11) is -1.23. The maximum absolute atomic E-state index is 11.5. The van der Waals surface area contributed by atoms with Crippen LogP contribution in [0, 0.1) is 0 Å². The van der Waals surface area contributed by atoms with E-state index in [1.54, 1.807) is 30.3 Å². The summed E-state index contributed by atoms with van der Waals surface area (Å²) in [6, 6.07) is 3.07. The molecule has 0 aromatic carbocycles. The monoisotopic (exact) mass is 269 g/mol. The lowest BCUT2D eigenvalue weighted by atomic mass is 10.2. The van der Waals surface area contributed by atoms with Crippen LogP contribution in [0.1, 0.15) is 16.8 Å². The molecule has 1 amide bonds. The molecule has 0 bridgehead atoms. The Hall–Kier alpha value is -1.63. The molecule has 7 heteroatoms. The van der Waals surface area contributed by atoms with Crippen LogP contribution in [-0.4, -0.2) is 43.9 Å². The zero-order chi connectivity index (χ0) is 13.3. The molecule has 1 atom stereocenters. The van der Waals surface area contributed by atoms with E-state index in [1.165, 1.54) is 0 Å². The van der Waals surface area contributed by atoms with Gasteiger partial charge in [-0.2, -0.15) is 0 Å². The number of hydrogen-bond donors (Lipinski definition) is 1. The minimum atomic E-state index is -2.97. The van der Waals surface area contributed by atoms with E-state index in [2.05, 4.69) is 4.98 Å². The normalized spacial score (nSPS) is 21.7. The number of rotatable bonds is 3. The first-order chi connectivity index (χ1) is 8.41. The van der Waals surface area contributed by atoms with Crippen LogP contribution < -0.4 is 10.6 Å². The van der Waals surface area contributed by atoms with Crippen molar-refractivity contribution in [2.24, 2.45) is 5.73 Å². The highest BCUT2D eigenvalue weighted by atomic mass is 32.2. The van der Waals surface area contributed by atoms with E-state index in [9.17, 15) is 13.2 Å². The summed E-state index contributed by atoms with van der Waals surface area (Å²) in [5, 5.41) is 0. The third kappa shape index (κ3) is 2.45. The second-order valence-electron chi connectivity index (χ2n) is 4.41. The van der Waals surface area contributed by atoms with Crippen LogP contribution in [-0.2, 0) is 9.84 Å². The molecule has 1 aliphatic heterocycles. The molecule has 98 valence electrons. The van der Waals surface area contributed by atoms with Gasteiger partial charge in [0.25, 0.3) is 5.91 Å². The second-order valence-corrected chi connectivity index (χ2v) is 6.64. The van der Waals surface area contributed by atoms with Gasteiger partial charge in [-0.15, -0.1) is 0 Å². The summed E-state index contributed by atoms with van der Waals surface area (Å²) in [6.45, 7) is 0. The first-order valence-electron chi connectivity index (χ1n) is 5.59. The molecule has 0 saturated carbocycles. The molecule has 1 aliphatic rings. The summed E-state index contributed by atoms with van der Waals surface area (Å²) < 4.78 is 22.9. The molecule has 2 heterocycles. The third-order valence-corrected chi connectivity index (χ3v) is 4.89. The molecule has 1 aromatic rings. The Kier molecular flexibility index (Phi) is 3.25. The van der Waals surface area contributed by atoms with Gasteiger partial charge in [-0.25, -0.2) is 13.4 Å². The fourth-order valence-electron chi connectivity index (χ4n) is 2.12. The highest BCUT2D eigenvalue weighted by molar-refractivity contribution is 7.91. The van der Waals surface area contributed by atoms with Crippen molar-refractivity contribution in [2.45, 2.75) is 12.5 Å². The molecular weight excluding hydrogens is 254 g/mol. The number of nitrogens with zero attached hydrogens (tertiary/aromatic N) is 2. The molecule has 6 nitrogen and oxygen atoms in total.